The standard InChI is InChI=1S/C13H11BrFNO2S/c1-7-10(14)6-11(19-7)12(13(17)18)16-9-4-2-3-8(15)5-9/h2-6,12,16H,1H3,(H,17,18). The molecule has 0 fully saturated rings. The van der Waals surface area contributed by atoms with Gasteiger partial charge in [-0.15, -0.1) is 11.3 Å². The average Bonchev–Trinajstić information content (AvgIpc) is 2.66. The Kier molecular flexibility index (Phi) is 4.21. The maximum absolute atomic E-state index is 13.1. The zero-order valence-electron chi connectivity index (χ0n) is 9.98. The first kappa shape index (κ1) is 14.0. The quantitative estimate of drug-likeness (QED) is 0.874. The van der Waals surface area contributed by atoms with Crippen LogP contribution < -0.4 is 5.32 Å². The van der Waals surface area contributed by atoms with E-state index >= 15 is 0 Å². The molecule has 100 valence electrons. The first-order valence-electron chi connectivity index (χ1n) is 5.48. The molecular formula is C13H11BrFNO2S. The van der Waals surface area contributed by atoms with Crippen LogP contribution in [0.5, 0.6) is 0 Å². The molecule has 1 aromatic carbocycles. The SMILES string of the molecule is Cc1sc(C(Nc2cccc(F)c2)C(=O)O)cc1Br. The summed E-state index contributed by atoms with van der Waals surface area (Å²) < 4.78 is 14.0. The van der Waals surface area contributed by atoms with E-state index in [2.05, 4.69) is 21.2 Å². The maximum atomic E-state index is 13.1. The van der Waals surface area contributed by atoms with Crippen LogP contribution in [0, 0.1) is 12.7 Å². The second kappa shape index (κ2) is 5.71. The lowest BCUT2D eigenvalue weighted by Crippen LogP contribution is -2.19. The highest BCUT2D eigenvalue weighted by Crippen LogP contribution is 2.32. The number of rotatable bonds is 4. The van der Waals surface area contributed by atoms with Crippen LogP contribution >= 0.6 is 27.3 Å². The largest absolute Gasteiger partial charge is 0.479 e. The van der Waals surface area contributed by atoms with Crippen LogP contribution in [0.4, 0.5) is 10.1 Å². The molecule has 1 unspecified atom stereocenters. The summed E-state index contributed by atoms with van der Waals surface area (Å²) in [6.07, 6.45) is 0. The second-order valence-electron chi connectivity index (χ2n) is 3.98. The van der Waals surface area contributed by atoms with Gasteiger partial charge in [-0.25, -0.2) is 9.18 Å². The van der Waals surface area contributed by atoms with E-state index in [4.69, 9.17) is 0 Å². The molecule has 19 heavy (non-hydrogen) atoms. The number of hydrogen-bond donors (Lipinski definition) is 2. The van der Waals surface area contributed by atoms with Gasteiger partial charge >= 0.3 is 5.97 Å². The summed E-state index contributed by atoms with van der Waals surface area (Å²) in [5.74, 6) is -1.41. The maximum Gasteiger partial charge on any atom is 0.331 e. The molecule has 1 aromatic heterocycles. The summed E-state index contributed by atoms with van der Waals surface area (Å²) >= 11 is 4.75. The fraction of sp³-hybridized carbons (Fsp3) is 0.154. The van der Waals surface area contributed by atoms with Crippen LogP contribution in [0.2, 0.25) is 0 Å². The minimum absolute atomic E-state index is 0.405. The summed E-state index contributed by atoms with van der Waals surface area (Å²) in [5, 5.41) is 12.1. The molecule has 2 N–H and O–H groups in total. The van der Waals surface area contributed by atoms with E-state index in [1.165, 1.54) is 29.5 Å². The van der Waals surface area contributed by atoms with Gasteiger partial charge < -0.3 is 10.4 Å². The Bertz CT molecular complexity index is 595. The van der Waals surface area contributed by atoms with Gasteiger partial charge in [0, 0.05) is 19.9 Å². The highest BCUT2D eigenvalue weighted by atomic mass is 79.9. The van der Waals surface area contributed by atoms with Gasteiger partial charge in [0.1, 0.15) is 5.82 Å². The van der Waals surface area contributed by atoms with Crippen molar-refractivity contribution in [2.45, 2.75) is 13.0 Å². The van der Waals surface area contributed by atoms with Gasteiger partial charge in [0.15, 0.2) is 6.04 Å². The molecule has 2 aromatic rings. The number of thiophene rings is 1. The highest BCUT2D eigenvalue weighted by molar-refractivity contribution is 9.10. The van der Waals surface area contributed by atoms with Gasteiger partial charge in [0.2, 0.25) is 0 Å². The Labute approximate surface area is 122 Å². The van der Waals surface area contributed by atoms with Crippen LogP contribution in [0.25, 0.3) is 0 Å². The molecule has 1 atom stereocenters. The van der Waals surface area contributed by atoms with E-state index in [1.807, 2.05) is 6.92 Å². The van der Waals surface area contributed by atoms with E-state index in [-0.39, 0.29) is 0 Å². The van der Waals surface area contributed by atoms with Gasteiger partial charge in [-0.1, -0.05) is 6.07 Å². The van der Waals surface area contributed by atoms with Crippen LogP contribution in [0.3, 0.4) is 0 Å². The topological polar surface area (TPSA) is 49.3 Å². The van der Waals surface area contributed by atoms with Crippen molar-refractivity contribution < 1.29 is 14.3 Å². The molecule has 0 amide bonds. The molecule has 1 heterocycles. The highest BCUT2D eigenvalue weighted by Gasteiger charge is 2.22. The van der Waals surface area contributed by atoms with E-state index in [1.54, 1.807) is 12.1 Å². The summed E-state index contributed by atoms with van der Waals surface area (Å²) in [7, 11) is 0. The Morgan fingerprint density at radius 3 is 2.74 bits per heavy atom. The molecule has 0 saturated carbocycles. The molecule has 0 bridgehead atoms. The second-order valence-corrected chi connectivity index (χ2v) is 6.12. The third-order valence-electron chi connectivity index (χ3n) is 2.54. The number of nitrogens with one attached hydrogen (secondary N) is 1. The predicted octanol–water partition coefficient (Wildman–Crippen LogP) is 4.20. The Morgan fingerprint density at radius 1 is 1.47 bits per heavy atom. The zero-order chi connectivity index (χ0) is 14.0. The van der Waals surface area contributed by atoms with E-state index < -0.39 is 17.8 Å². The summed E-state index contributed by atoms with van der Waals surface area (Å²) in [6, 6.07) is 6.63. The number of hydrogen-bond acceptors (Lipinski definition) is 3. The van der Waals surface area contributed by atoms with Crippen molar-refractivity contribution in [2.75, 3.05) is 5.32 Å². The molecule has 3 nitrogen and oxygen atoms in total. The minimum atomic E-state index is -1.00. The molecule has 0 aliphatic carbocycles. The fourth-order valence-corrected chi connectivity index (χ4v) is 3.23. The molecule has 0 aliphatic rings. The van der Waals surface area contributed by atoms with Crippen LogP contribution in [-0.2, 0) is 4.79 Å². The molecule has 2 rings (SSSR count). The van der Waals surface area contributed by atoms with Crippen molar-refractivity contribution in [1.29, 1.82) is 0 Å². The van der Waals surface area contributed by atoms with Crippen molar-refractivity contribution in [3.8, 4) is 0 Å². The lowest BCUT2D eigenvalue weighted by molar-refractivity contribution is -0.138. The number of anilines is 1. The fourth-order valence-electron chi connectivity index (χ4n) is 1.62. The Morgan fingerprint density at radius 2 is 2.21 bits per heavy atom. The van der Waals surface area contributed by atoms with Crippen LogP contribution in [0.1, 0.15) is 15.8 Å². The number of halogens is 2. The van der Waals surface area contributed by atoms with Crippen molar-refractivity contribution >= 4 is 38.9 Å². The Balaban J connectivity index is 2.29. The van der Waals surface area contributed by atoms with E-state index in [0.29, 0.717) is 10.6 Å². The van der Waals surface area contributed by atoms with Crippen LogP contribution in [0.15, 0.2) is 34.8 Å². The lowest BCUT2D eigenvalue weighted by Gasteiger charge is -2.14. The van der Waals surface area contributed by atoms with Gasteiger partial charge in [-0.05, 0) is 47.1 Å². The van der Waals surface area contributed by atoms with E-state index in [0.717, 1.165) is 9.35 Å². The molecular weight excluding hydrogens is 333 g/mol. The smallest absolute Gasteiger partial charge is 0.331 e. The lowest BCUT2D eigenvalue weighted by atomic mass is 10.2. The number of aryl methyl sites for hydroxylation is 1. The summed E-state index contributed by atoms with van der Waals surface area (Å²) in [6.45, 7) is 1.90. The van der Waals surface area contributed by atoms with Crippen molar-refractivity contribution in [2.24, 2.45) is 0 Å². The average molecular weight is 344 g/mol. The summed E-state index contributed by atoms with van der Waals surface area (Å²) in [5.41, 5.74) is 0.439. The number of carboxylic acids is 1. The van der Waals surface area contributed by atoms with Crippen molar-refractivity contribution in [3.63, 3.8) is 0 Å². The summed E-state index contributed by atoms with van der Waals surface area (Å²) in [4.78, 5) is 13.0. The van der Waals surface area contributed by atoms with Gasteiger partial charge in [-0.3, -0.25) is 0 Å². The Hall–Kier alpha value is -1.40. The molecule has 0 saturated heterocycles. The molecule has 6 heteroatoms. The molecule has 0 aliphatic heterocycles. The predicted molar refractivity (Wildman–Crippen MR) is 77.2 cm³/mol. The normalized spacial score (nSPS) is 12.2. The van der Waals surface area contributed by atoms with Gasteiger partial charge in [-0.2, -0.15) is 0 Å². The number of aliphatic carboxylic acids is 1. The van der Waals surface area contributed by atoms with Gasteiger partial charge in [0.25, 0.3) is 0 Å². The van der Waals surface area contributed by atoms with E-state index in [9.17, 15) is 14.3 Å². The first-order valence-corrected chi connectivity index (χ1v) is 7.09. The monoisotopic (exact) mass is 343 g/mol. The number of carbonyl (C=O) groups is 1. The number of carboxylic acid groups (broad SMARTS) is 1. The minimum Gasteiger partial charge on any atom is -0.479 e. The van der Waals surface area contributed by atoms with Crippen molar-refractivity contribution in [1.82, 2.24) is 0 Å². The number of benzene rings is 1. The zero-order valence-corrected chi connectivity index (χ0v) is 12.4. The third kappa shape index (κ3) is 3.33. The first-order chi connectivity index (χ1) is 8.97. The van der Waals surface area contributed by atoms with Crippen LogP contribution in [-0.4, -0.2) is 11.1 Å². The van der Waals surface area contributed by atoms with Gasteiger partial charge in [0.05, 0.1) is 0 Å². The molecule has 0 radical (unpaired) electrons. The van der Waals surface area contributed by atoms with Crippen molar-refractivity contribution in [3.05, 3.63) is 50.4 Å². The third-order valence-corrected chi connectivity index (χ3v) is 4.74. The molecule has 0 spiro atoms.